The Morgan fingerprint density at radius 2 is 1.67 bits per heavy atom. The Labute approximate surface area is 199 Å². The van der Waals surface area contributed by atoms with E-state index in [0.29, 0.717) is 29.7 Å². The summed E-state index contributed by atoms with van der Waals surface area (Å²) < 4.78 is 12.3. The van der Waals surface area contributed by atoms with Crippen molar-refractivity contribution in [2.45, 2.75) is 18.4 Å². The molecule has 1 saturated heterocycles. The van der Waals surface area contributed by atoms with Gasteiger partial charge < -0.3 is 19.5 Å². The van der Waals surface area contributed by atoms with Gasteiger partial charge in [-0.05, 0) is 40.5 Å². The molecular weight excluding hydrogens is 486 g/mol. The van der Waals surface area contributed by atoms with Gasteiger partial charge in [-0.15, -0.1) is 0 Å². The fourth-order valence-corrected chi connectivity index (χ4v) is 4.99. The summed E-state index contributed by atoms with van der Waals surface area (Å²) >= 11 is 3.28. The van der Waals surface area contributed by atoms with Crippen molar-refractivity contribution in [2.75, 3.05) is 19.7 Å². The molecule has 1 fully saturated rings. The lowest BCUT2D eigenvalue weighted by Gasteiger charge is -2.20. The summed E-state index contributed by atoms with van der Waals surface area (Å²) in [5.74, 6) is -0.750. The van der Waals surface area contributed by atoms with Crippen molar-refractivity contribution in [3.05, 3.63) is 87.9 Å². The minimum Gasteiger partial charge on any atom is -0.488 e. The van der Waals surface area contributed by atoms with Gasteiger partial charge in [-0.3, -0.25) is 0 Å². The van der Waals surface area contributed by atoms with Gasteiger partial charge in [-0.25, -0.2) is 9.59 Å². The van der Waals surface area contributed by atoms with E-state index in [-0.39, 0.29) is 30.3 Å². The van der Waals surface area contributed by atoms with Crippen LogP contribution in [-0.4, -0.2) is 47.9 Å². The van der Waals surface area contributed by atoms with E-state index in [1.807, 2.05) is 24.3 Å². The second-order valence-corrected chi connectivity index (χ2v) is 9.14. The summed E-state index contributed by atoms with van der Waals surface area (Å²) in [4.78, 5) is 25.9. The van der Waals surface area contributed by atoms with Crippen molar-refractivity contribution >= 4 is 28.0 Å². The number of nitrogens with zero attached hydrogens (tertiary/aromatic N) is 1. The first kappa shape index (κ1) is 21.5. The van der Waals surface area contributed by atoms with Gasteiger partial charge >= 0.3 is 12.1 Å². The van der Waals surface area contributed by atoms with Gasteiger partial charge in [0.1, 0.15) is 24.0 Å². The Morgan fingerprint density at radius 1 is 1.00 bits per heavy atom. The quantitative estimate of drug-likeness (QED) is 0.489. The van der Waals surface area contributed by atoms with Crippen molar-refractivity contribution in [3.63, 3.8) is 0 Å². The number of halogens is 1. The second kappa shape index (κ2) is 8.90. The summed E-state index contributed by atoms with van der Waals surface area (Å²) in [5, 5.41) is 9.43. The highest BCUT2D eigenvalue weighted by atomic mass is 79.9. The first-order valence-electron chi connectivity index (χ1n) is 10.8. The summed E-state index contributed by atoms with van der Waals surface area (Å²) in [5.41, 5.74) is 4.81. The highest BCUT2D eigenvalue weighted by Crippen LogP contribution is 2.44. The maximum Gasteiger partial charge on any atom is 0.409 e. The molecular formula is C26H22BrNO5. The summed E-state index contributed by atoms with van der Waals surface area (Å²) in [6, 6.07) is 21.3. The molecule has 3 aromatic carbocycles. The molecule has 0 bridgehead atoms. The minimum absolute atomic E-state index is 0.0110. The number of hydrogen-bond donors (Lipinski definition) is 1. The number of amides is 1. The number of fused-ring (bicyclic) bond motifs is 3. The third kappa shape index (κ3) is 4.20. The van der Waals surface area contributed by atoms with Crippen LogP contribution in [0.25, 0.3) is 11.1 Å². The molecule has 3 aromatic rings. The Morgan fingerprint density at radius 3 is 2.33 bits per heavy atom. The van der Waals surface area contributed by atoms with Crippen LogP contribution >= 0.6 is 15.9 Å². The number of likely N-dealkylation sites (tertiary alicyclic amines) is 1. The van der Waals surface area contributed by atoms with Crippen LogP contribution < -0.4 is 4.74 Å². The number of carbonyl (C=O) groups is 2. The van der Waals surface area contributed by atoms with E-state index in [9.17, 15) is 14.7 Å². The second-order valence-electron chi connectivity index (χ2n) is 8.22. The molecule has 5 rings (SSSR count). The fourth-order valence-electron chi connectivity index (χ4n) is 4.63. The van der Waals surface area contributed by atoms with Gasteiger partial charge in [-0.1, -0.05) is 64.5 Å². The average molecular weight is 508 g/mol. The molecule has 6 nitrogen and oxygen atoms in total. The molecule has 1 aliphatic heterocycles. The van der Waals surface area contributed by atoms with Crippen molar-refractivity contribution in [1.82, 2.24) is 4.90 Å². The van der Waals surface area contributed by atoms with E-state index in [2.05, 4.69) is 40.2 Å². The molecule has 2 aliphatic rings. The molecule has 168 valence electrons. The van der Waals surface area contributed by atoms with E-state index in [1.165, 1.54) is 28.3 Å². The predicted octanol–water partition coefficient (Wildman–Crippen LogP) is 5.55. The summed E-state index contributed by atoms with van der Waals surface area (Å²) in [6.07, 6.45) is -0.0544. The van der Waals surface area contributed by atoms with Gasteiger partial charge in [0.25, 0.3) is 0 Å². The Kier molecular flexibility index (Phi) is 5.81. The number of hydrogen-bond acceptors (Lipinski definition) is 4. The number of rotatable bonds is 5. The molecule has 1 amide bonds. The molecule has 1 atom stereocenters. The summed E-state index contributed by atoms with van der Waals surface area (Å²) in [7, 11) is 0. The molecule has 1 N–H and O–H groups in total. The maximum absolute atomic E-state index is 12.8. The fraction of sp³-hybridized carbons (Fsp3) is 0.231. The molecule has 0 unspecified atom stereocenters. The number of aromatic carboxylic acids is 1. The van der Waals surface area contributed by atoms with Crippen molar-refractivity contribution in [1.29, 1.82) is 0 Å². The lowest BCUT2D eigenvalue weighted by atomic mass is 9.98. The monoisotopic (exact) mass is 507 g/mol. The summed E-state index contributed by atoms with van der Waals surface area (Å²) in [6.45, 7) is 1.12. The van der Waals surface area contributed by atoms with Crippen LogP contribution in [0.1, 0.15) is 33.8 Å². The lowest BCUT2D eigenvalue weighted by molar-refractivity contribution is 0.0687. The van der Waals surface area contributed by atoms with Crippen molar-refractivity contribution in [3.8, 4) is 16.9 Å². The molecule has 1 aliphatic carbocycles. The average Bonchev–Trinajstić information content (AvgIpc) is 3.41. The Bertz CT molecular complexity index is 1180. The smallest absolute Gasteiger partial charge is 0.409 e. The van der Waals surface area contributed by atoms with Crippen LogP contribution in [0.5, 0.6) is 5.75 Å². The standard InChI is InChI=1S/C26H22BrNO5/c27-16-9-10-24(22(13-16)25(29)30)33-17-11-12-28(14-17)26(31)32-15-23-20-7-3-1-5-18(20)19-6-2-4-8-21(19)23/h1-10,13,17,23H,11-12,14-15H2,(H,29,30)/t17-/m1/s1. The number of carbonyl (C=O) groups excluding carboxylic acids is 1. The largest absolute Gasteiger partial charge is 0.488 e. The third-order valence-corrected chi connectivity index (χ3v) is 6.70. The van der Waals surface area contributed by atoms with Crippen molar-refractivity contribution in [2.24, 2.45) is 0 Å². The lowest BCUT2D eigenvalue weighted by Crippen LogP contribution is -2.32. The topological polar surface area (TPSA) is 76.1 Å². The van der Waals surface area contributed by atoms with Gasteiger partial charge in [0, 0.05) is 23.4 Å². The van der Waals surface area contributed by atoms with Gasteiger partial charge in [-0.2, -0.15) is 0 Å². The maximum atomic E-state index is 12.8. The molecule has 0 aromatic heterocycles. The first-order chi connectivity index (χ1) is 16.0. The van der Waals surface area contributed by atoms with E-state index in [1.54, 1.807) is 17.0 Å². The molecule has 33 heavy (non-hydrogen) atoms. The Hall–Kier alpha value is -3.32. The zero-order valence-electron chi connectivity index (χ0n) is 17.7. The molecule has 0 radical (unpaired) electrons. The van der Waals surface area contributed by atoms with E-state index in [0.717, 1.165) is 0 Å². The van der Waals surface area contributed by atoms with Crippen LogP contribution in [0.15, 0.2) is 71.2 Å². The number of benzene rings is 3. The number of carboxylic acid groups (broad SMARTS) is 1. The van der Waals surface area contributed by atoms with Crippen LogP contribution in [-0.2, 0) is 4.74 Å². The normalized spacial score (nSPS) is 16.9. The zero-order chi connectivity index (χ0) is 22.9. The van der Waals surface area contributed by atoms with Crippen molar-refractivity contribution < 1.29 is 24.2 Å². The SMILES string of the molecule is O=C(O)c1cc(Br)ccc1O[C@@H]1CCN(C(=O)OCC2c3ccccc3-c3ccccc32)C1. The molecule has 1 heterocycles. The predicted molar refractivity (Wildman–Crippen MR) is 127 cm³/mol. The molecule has 0 saturated carbocycles. The van der Waals surface area contributed by atoms with Crippen LogP contribution in [0, 0.1) is 0 Å². The van der Waals surface area contributed by atoms with Gasteiger partial charge in [0.15, 0.2) is 0 Å². The van der Waals surface area contributed by atoms with E-state index < -0.39 is 5.97 Å². The van der Waals surface area contributed by atoms with E-state index in [4.69, 9.17) is 9.47 Å². The van der Waals surface area contributed by atoms with Gasteiger partial charge in [0.05, 0.1) is 6.54 Å². The van der Waals surface area contributed by atoms with Gasteiger partial charge in [0.2, 0.25) is 0 Å². The van der Waals surface area contributed by atoms with Crippen LogP contribution in [0.4, 0.5) is 4.79 Å². The third-order valence-electron chi connectivity index (χ3n) is 6.20. The number of carboxylic acids is 1. The highest BCUT2D eigenvalue weighted by molar-refractivity contribution is 9.10. The number of ether oxygens (including phenoxy) is 2. The van der Waals surface area contributed by atoms with Crippen LogP contribution in [0.2, 0.25) is 0 Å². The highest BCUT2D eigenvalue weighted by Gasteiger charge is 2.32. The zero-order valence-corrected chi connectivity index (χ0v) is 19.3. The molecule has 0 spiro atoms. The van der Waals surface area contributed by atoms with E-state index >= 15 is 0 Å². The Balaban J connectivity index is 1.22. The van der Waals surface area contributed by atoms with Crippen LogP contribution in [0.3, 0.4) is 0 Å². The minimum atomic E-state index is -1.06. The first-order valence-corrected chi connectivity index (χ1v) is 11.6. The molecule has 7 heteroatoms.